The van der Waals surface area contributed by atoms with Gasteiger partial charge in [-0.25, -0.2) is 4.79 Å². The van der Waals surface area contributed by atoms with Crippen molar-refractivity contribution in [2.45, 2.75) is 20.0 Å². The first-order valence-electron chi connectivity index (χ1n) is 7.86. The van der Waals surface area contributed by atoms with Gasteiger partial charge in [-0.15, -0.1) is 0 Å². The zero-order valence-electron chi connectivity index (χ0n) is 13.6. The van der Waals surface area contributed by atoms with Gasteiger partial charge in [-0.05, 0) is 41.8 Å². The van der Waals surface area contributed by atoms with Gasteiger partial charge in [0.05, 0.1) is 6.54 Å². The molecule has 0 fully saturated rings. The molecule has 3 aromatic rings. The summed E-state index contributed by atoms with van der Waals surface area (Å²) in [7, 11) is 0. The number of aryl methyl sites for hydroxylation is 1. The maximum absolute atomic E-state index is 12.1. The molecule has 24 heavy (non-hydrogen) atoms. The summed E-state index contributed by atoms with van der Waals surface area (Å²) in [6.45, 7) is 3.15. The summed E-state index contributed by atoms with van der Waals surface area (Å²) in [5, 5.41) is 9.99. The Morgan fingerprint density at radius 1 is 1.08 bits per heavy atom. The van der Waals surface area contributed by atoms with Crippen molar-refractivity contribution in [2.24, 2.45) is 0 Å². The molecule has 0 radical (unpaired) electrons. The first-order chi connectivity index (χ1) is 11.7. The van der Waals surface area contributed by atoms with Crippen LogP contribution in [0.3, 0.4) is 0 Å². The maximum atomic E-state index is 12.1. The molecule has 0 spiro atoms. The van der Waals surface area contributed by atoms with Gasteiger partial charge in [-0.3, -0.25) is 4.68 Å². The quantitative estimate of drug-likeness (QED) is 0.755. The van der Waals surface area contributed by atoms with Gasteiger partial charge in [0.1, 0.15) is 0 Å². The second-order valence-corrected chi connectivity index (χ2v) is 5.65. The molecule has 0 saturated carbocycles. The number of benzene rings is 2. The number of carbonyl (C=O) groups is 1. The van der Waals surface area contributed by atoms with Crippen molar-refractivity contribution in [3.63, 3.8) is 0 Å². The first kappa shape index (κ1) is 15.8. The molecule has 0 unspecified atom stereocenters. The van der Waals surface area contributed by atoms with E-state index in [0.29, 0.717) is 13.1 Å². The molecule has 0 bridgehead atoms. The van der Waals surface area contributed by atoms with Gasteiger partial charge in [-0.2, -0.15) is 5.10 Å². The third-order valence-electron chi connectivity index (χ3n) is 3.73. The Hall–Kier alpha value is -3.08. The highest BCUT2D eigenvalue weighted by Crippen LogP contribution is 2.11. The highest BCUT2D eigenvalue weighted by molar-refractivity contribution is 5.89. The Balaban J connectivity index is 1.61. The van der Waals surface area contributed by atoms with Crippen LogP contribution in [0.2, 0.25) is 0 Å². The molecular formula is C19H20N4O. The fraction of sp³-hybridized carbons (Fsp3) is 0.158. The molecule has 0 aliphatic rings. The topological polar surface area (TPSA) is 59.0 Å². The summed E-state index contributed by atoms with van der Waals surface area (Å²) in [6.07, 6.45) is 3.69. The van der Waals surface area contributed by atoms with Gasteiger partial charge in [-0.1, -0.05) is 36.4 Å². The number of carbonyl (C=O) groups excluding carboxylic acids is 1. The van der Waals surface area contributed by atoms with Crippen molar-refractivity contribution in [1.29, 1.82) is 0 Å². The number of aromatic nitrogens is 2. The van der Waals surface area contributed by atoms with Crippen LogP contribution in [-0.4, -0.2) is 15.8 Å². The minimum Gasteiger partial charge on any atom is -0.334 e. The molecular weight excluding hydrogens is 300 g/mol. The summed E-state index contributed by atoms with van der Waals surface area (Å²) in [5.74, 6) is 0. The number of nitrogens with zero attached hydrogens (tertiary/aromatic N) is 2. The van der Waals surface area contributed by atoms with E-state index < -0.39 is 0 Å². The van der Waals surface area contributed by atoms with Gasteiger partial charge in [0.15, 0.2) is 0 Å². The number of amides is 2. The molecule has 5 heteroatoms. The lowest BCUT2D eigenvalue weighted by molar-refractivity contribution is 0.251. The number of hydrogen-bond donors (Lipinski definition) is 2. The molecule has 5 nitrogen and oxygen atoms in total. The van der Waals surface area contributed by atoms with E-state index in [9.17, 15) is 4.79 Å². The predicted octanol–water partition coefficient (Wildman–Crippen LogP) is 3.56. The van der Waals surface area contributed by atoms with E-state index in [0.717, 1.165) is 22.4 Å². The molecule has 1 heterocycles. The lowest BCUT2D eigenvalue weighted by atomic mass is 10.1. The van der Waals surface area contributed by atoms with E-state index in [2.05, 4.69) is 21.8 Å². The van der Waals surface area contributed by atoms with E-state index in [4.69, 9.17) is 0 Å². The van der Waals surface area contributed by atoms with Crippen LogP contribution in [0.5, 0.6) is 0 Å². The van der Waals surface area contributed by atoms with Gasteiger partial charge in [0, 0.05) is 24.6 Å². The average molecular weight is 320 g/mol. The Labute approximate surface area is 141 Å². The summed E-state index contributed by atoms with van der Waals surface area (Å²) in [5.41, 5.74) is 4.11. The van der Waals surface area contributed by atoms with Crippen molar-refractivity contribution in [1.82, 2.24) is 15.1 Å². The molecule has 0 saturated heterocycles. The molecule has 0 aliphatic heterocycles. The Kier molecular flexibility index (Phi) is 4.91. The van der Waals surface area contributed by atoms with Crippen LogP contribution in [0.25, 0.3) is 0 Å². The van der Waals surface area contributed by atoms with E-state index in [1.54, 1.807) is 6.20 Å². The summed E-state index contributed by atoms with van der Waals surface area (Å²) < 4.78 is 1.87. The predicted molar refractivity (Wildman–Crippen MR) is 94.8 cm³/mol. The van der Waals surface area contributed by atoms with Crippen molar-refractivity contribution >= 4 is 11.7 Å². The maximum Gasteiger partial charge on any atom is 0.319 e. The standard InChI is InChI=1S/C19H20N4O/c1-15-6-4-9-18(12-15)22-19(24)20-13-16-7-2-3-8-17(16)14-23-11-5-10-21-23/h2-12H,13-14H2,1H3,(H2,20,22,24). The molecule has 0 aliphatic carbocycles. The average Bonchev–Trinajstić information content (AvgIpc) is 3.07. The molecule has 0 atom stereocenters. The first-order valence-corrected chi connectivity index (χ1v) is 7.86. The van der Waals surface area contributed by atoms with Crippen molar-refractivity contribution < 1.29 is 4.79 Å². The summed E-state index contributed by atoms with van der Waals surface area (Å²) in [6, 6.07) is 17.5. The largest absolute Gasteiger partial charge is 0.334 e. The summed E-state index contributed by atoms with van der Waals surface area (Å²) in [4.78, 5) is 12.1. The highest BCUT2D eigenvalue weighted by Gasteiger charge is 2.06. The van der Waals surface area contributed by atoms with Crippen LogP contribution in [0.1, 0.15) is 16.7 Å². The Morgan fingerprint density at radius 2 is 1.92 bits per heavy atom. The Morgan fingerprint density at radius 3 is 2.67 bits per heavy atom. The van der Waals surface area contributed by atoms with Gasteiger partial charge in [0.2, 0.25) is 0 Å². The fourth-order valence-electron chi connectivity index (χ4n) is 2.53. The number of urea groups is 1. The third-order valence-corrected chi connectivity index (χ3v) is 3.73. The SMILES string of the molecule is Cc1cccc(NC(=O)NCc2ccccc2Cn2cccn2)c1. The third kappa shape index (κ3) is 4.23. The molecule has 1 aromatic heterocycles. The van der Waals surface area contributed by atoms with Crippen LogP contribution >= 0.6 is 0 Å². The smallest absolute Gasteiger partial charge is 0.319 e. The highest BCUT2D eigenvalue weighted by atomic mass is 16.2. The van der Waals surface area contributed by atoms with Crippen molar-refractivity contribution in [2.75, 3.05) is 5.32 Å². The monoisotopic (exact) mass is 320 g/mol. The van der Waals surface area contributed by atoms with E-state index >= 15 is 0 Å². The van der Waals surface area contributed by atoms with Crippen LogP contribution in [0.4, 0.5) is 10.5 Å². The molecule has 3 rings (SSSR count). The van der Waals surface area contributed by atoms with Crippen LogP contribution in [0.15, 0.2) is 67.0 Å². The molecule has 2 N–H and O–H groups in total. The van der Waals surface area contributed by atoms with Crippen LogP contribution < -0.4 is 10.6 Å². The minimum absolute atomic E-state index is 0.213. The van der Waals surface area contributed by atoms with Gasteiger partial charge >= 0.3 is 6.03 Å². The van der Waals surface area contributed by atoms with E-state index in [-0.39, 0.29) is 6.03 Å². The number of anilines is 1. The van der Waals surface area contributed by atoms with E-state index in [1.165, 1.54) is 0 Å². The normalized spacial score (nSPS) is 10.4. The fourth-order valence-corrected chi connectivity index (χ4v) is 2.53. The minimum atomic E-state index is -0.213. The molecule has 2 amide bonds. The van der Waals surface area contributed by atoms with Gasteiger partial charge in [0.25, 0.3) is 0 Å². The lowest BCUT2D eigenvalue weighted by Crippen LogP contribution is -2.28. The van der Waals surface area contributed by atoms with Crippen LogP contribution in [0, 0.1) is 6.92 Å². The second-order valence-electron chi connectivity index (χ2n) is 5.65. The van der Waals surface area contributed by atoms with Crippen LogP contribution in [-0.2, 0) is 13.1 Å². The molecule has 122 valence electrons. The zero-order chi connectivity index (χ0) is 16.8. The summed E-state index contributed by atoms with van der Waals surface area (Å²) >= 11 is 0. The second kappa shape index (κ2) is 7.46. The number of nitrogens with one attached hydrogen (secondary N) is 2. The Bertz CT molecular complexity index is 812. The van der Waals surface area contributed by atoms with Crippen molar-refractivity contribution in [3.8, 4) is 0 Å². The van der Waals surface area contributed by atoms with Crippen molar-refractivity contribution in [3.05, 3.63) is 83.7 Å². The zero-order valence-corrected chi connectivity index (χ0v) is 13.6. The lowest BCUT2D eigenvalue weighted by Gasteiger charge is -2.12. The number of hydrogen-bond acceptors (Lipinski definition) is 2. The molecule has 2 aromatic carbocycles. The van der Waals surface area contributed by atoms with Gasteiger partial charge < -0.3 is 10.6 Å². The van der Waals surface area contributed by atoms with E-state index in [1.807, 2.05) is 66.3 Å². The number of rotatable bonds is 5.